The lowest BCUT2D eigenvalue weighted by Gasteiger charge is -2.32. The van der Waals surface area contributed by atoms with E-state index < -0.39 is 0 Å². The zero-order chi connectivity index (χ0) is 11.7. The van der Waals surface area contributed by atoms with E-state index in [0.717, 1.165) is 12.7 Å². The molecule has 15 heavy (non-hydrogen) atoms. The molecule has 86 valence electrons. The van der Waals surface area contributed by atoms with Gasteiger partial charge in [-0.05, 0) is 47.4 Å². The maximum absolute atomic E-state index is 10.8. The summed E-state index contributed by atoms with van der Waals surface area (Å²) in [5.74, 6) is 0.228. The molecule has 0 spiro atoms. The normalized spacial score (nSPS) is 23.1. The second-order valence-corrected chi connectivity index (χ2v) is 5.28. The van der Waals surface area contributed by atoms with Crippen LogP contribution < -0.4 is 0 Å². The van der Waals surface area contributed by atoms with E-state index >= 15 is 0 Å². The summed E-state index contributed by atoms with van der Waals surface area (Å²) in [5, 5.41) is 0. The predicted molar refractivity (Wildman–Crippen MR) is 60.8 cm³/mol. The summed E-state index contributed by atoms with van der Waals surface area (Å²) in [7, 11) is -0.158. The molecule has 1 heterocycles. The van der Waals surface area contributed by atoms with Crippen molar-refractivity contribution >= 4 is 12.9 Å². The molecule has 3 nitrogen and oxygen atoms in total. The molecule has 1 aliphatic heterocycles. The molecule has 0 atom stereocenters. The average molecular weight is 212 g/mol. The molecule has 0 aliphatic carbocycles. The van der Waals surface area contributed by atoms with Crippen molar-refractivity contribution < 1.29 is 14.1 Å². The topological polar surface area (TPSA) is 35.5 Å². The molecule has 0 amide bonds. The highest BCUT2D eigenvalue weighted by Crippen LogP contribution is 2.37. The molecule has 0 radical (unpaired) electrons. The minimum Gasteiger partial charge on any atom is -0.403 e. The number of hydrogen-bond acceptors (Lipinski definition) is 3. The van der Waals surface area contributed by atoms with Crippen molar-refractivity contribution in [1.29, 1.82) is 0 Å². The van der Waals surface area contributed by atoms with Crippen LogP contribution in [0, 0.1) is 0 Å². The van der Waals surface area contributed by atoms with E-state index in [9.17, 15) is 4.79 Å². The lowest BCUT2D eigenvalue weighted by Crippen LogP contribution is -2.41. The lowest BCUT2D eigenvalue weighted by molar-refractivity contribution is -0.117. The van der Waals surface area contributed by atoms with Gasteiger partial charge >= 0.3 is 7.12 Å². The second kappa shape index (κ2) is 4.26. The van der Waals surface area contributed by atoms with Crippen LogP contribution in [0.5, 0.6) is 0 Å². The molecule has 1 rings (SSSR count). The van der Waals surface area contributed by atoms with Gasteiger partial charge < -0.3 is 14.1 Å². The molecule has 0 aromatic rings. The van der Waals surface area contributed by atoms with E-state index in [1.807, 2.05) is 27.7 Å². The highest BCUT2D eigenvalue weighted by atomic mass is 16.7. The Morgan fingerprint density at radius 3 is 2.00 bits per heavy atom. The Hall–Kier alpha value is -0.345. The molecular weight excluding hydrogens is 191 g/mol. The van der Waals surface area contributed by atoms with Gasteiger partial charge in [0, 0.05) is 6.42 Å². The van der Waals surface area contributed by atoms with Crippen LogP contribution in [-0.4, -0.2) is 24.1 Å². The van der Waals surface area contributed by atoms with Crippen LogP contribution in [0.2, 0.25) is 6.32 Å². The van der Waals surface area contributed by atoms with Crippen molar-refractivity contribution in [2.45, 2.75) is 65.0 Å². The highest BCUT2D eigenvalue weighted by Gasteiger charge is 2.50. The van der Waals surface area contributed by atoms with Gasteiger partial charge in [0.1, 0.15) is 5.78 Å². The molecule has 1 fully saturated rings. The molecular formula is C11H21BO3. The summed E-state index contributed by atoms with van der Waals surface area (Å²) in [4.78, 5) is 10.8. The third-order valence-corrected chi connectivity index (χ3v) is 3.27. The van der Waals surface area contributed by atoms with Gasteiger partial charge in [-0.15, -0.1) is 0 Å². The summed E-state index contributed by atoms with van der Waals surface area (Å²) in [5.41, 5.74) is -0.512. The number of rotatable bonds is 4. The SMILES string of the molecule is CC(=O)CCCB1OC(C)(C)C(C)(C)O1. The van der Waals surface area contributed by atoms with Crippen LogP contribution >= 0.6 is 0 Å². The number of carbonyl (C=O) groups is 1. The van der Waals surface area contributed by atoms with Gasteiger partial charge in [0.25, 0.3) is 0 Å². The van der Waals surface area contributed by atoms with Gasteiger partial charge in [-0.3, -0.25) is 0 Å². The molecule has 0 N–H and O–H groups in total. The highest BCUT2D eigenvalue weighted by molar-refractivity contribution is 6.45. The van der Waals surface area contributed by atoms with Crippen LogP contribution in [0.25, 0.3) is 0 Å². The Labute approximate surface area is 92.7 Å². The van der Waals surface area contributed by atoms with Gasteiger partial charge in [-0.1, -0.05) is 0 Å². The first-order valence-corrected chi connectivity index (χ1v) is 5.60. The largest absolute Gasteiger partial charge is 0.457 e. The monoisotopic (exact) mass is 212 g/mol. The third kappa shape index (κ3) is 3.05. The molecule has 4 heteroatoms. The van der Waals surface area contributed by atoms with Gasteiger partial charge in [0.2, 0.25) is 0 Å². The first kappa shape index (κ1) is 12.7. The van der Waals surface area contributed by atoms with Crippen LogP contribution in [0.3, 0.4) is 0 Å². The van der Waals surface area contributed by atoms with Crippen molar-refractivity contribution in [3.05, 3.63) is 0 Å². The van der Waals surface area contributed by atoms with E-state index in [0.29, 0.717) is 6.42 Å². The van der Waals surface area contributed by atoms with Gasteiger partial charge in [0.05, 0.1) is 11.2 Å². The number of carbonyl (C=O) groups excluding carboxylic acids is 1. The van der Waals surface area contributed by atoms with Crippen molar-refractivity contribution in [2.75, 3.05) is 0 Å². The molecule has 0 saturated carbocycles. The van der Waals surface area contributed by atoms with E-state index in [1.54, 1.807) is 6.92 Å². The average Bonchev–Trinajstić information content (AvgIpc) is 2.19. The fraction of sp³-hybridized carbons (Fsp3) is 0.909. The van der Waals surface area contributed by atoms with Crippen LogP contribution in [0.1, 0.15) is 47.5 Å². The minimum atomic E-state index is -0.256. The Bertz CT molecular complexity index is 232. The van der Waals surface area contributed by atoms with E-state index in [-0.39, 0.29) is 24.1 Å². The van der Waals surface area contributed by atoms with E-state index in [4.69, 9.17) is 9.31 Å². The maximum Gasteiger partial charge on any atom is 0.457 e. The summed E-state index contributed by atoms with van der Waals surface area (Å²) in [6.07, 6.45) is 2.25. The summed E-state index contributed by atoms with van der Waals surface area (Å²) in [6, 6.07) is 0. The molecule has 0 aromatic carbocycles. The van der Waals surface area contributed by atoms with Gasteiger partial charge in [-0.25, -0.2) is 0 Å². The Morgan fingerprint density at radius 1 is 1.13 bits per heavy atom. The summed E-state index contributed by atoms with van der Waals surface area (Å²) >= 11 is 0. The Kier molecular flexibility index (Phi) is 3.61. The molecule has 0 unspecified atom stereocenters. The Balaban J connectivity index is 2.39. The van der Waals surface area contributed by atoms with Crippen molar-refractivity contribution in [1.82, 2.24) is 0 Å². The minimum absolute atomic E-state index is 0.158. The quantitative estimate of drug-likeness (QED) is 0.671. The number of ketones is 1. The molecule has 1 saturated heterocycles. The first-order chi connectivity index (χ1) is 6.74. The fourth-order valence-corrected chi connectivity index (χ4v) is 1.60. The molecule has 0 aromatic heterocycles. The van der Waals surface area contributed by atoms with Crippen molar-refractivity contribution in [3.8, 4) is 0 Å². The van der Waals surface area contributed by atoms with Crippen LogP contribution in [0.4, 0.5) is 0 Å². The first-order valence-electron chi connectivity index (χ1n) is 5.60. The van der Waals surface area contributed by atoms with Crippen molar-refractivity contribution in [3.63, 3.8) is 0 Å². The summed E-state index contributed by atoms with van der Waals surface area (Å²) in [6.45, 7) is 9.77. The van der Waals surface area contributed by atoms with Crippen molar-refractivity contribution in [2.24, 2.45) is 0 Å². The molecule has 0 bridgehead atoms. The number of Topliss-reactive ketones (excluding diaryl/α,β-unsaturated/α-hetero) is 1. The van der Waals surface area contributed by atoms with E-state index in [2.05, 4.69) is 0 Å². The zero-order valence-corrected chi connectivity index (χ0v) is 10.4. The third-order valence-electron chi connectivity index (χ3n) is 3.27. The predicted octanol–water partition coefficient (Wildman–Crippen LogP) is 2.45. The van der Waals surface area contributed by atoms with E-state index in [1.165, 1.54) is 0 Å². The van der Waals surface area contributed by atoms with Crippen LogP contribution in [-0.2, 0) is 14.1 Å². The maximum atomic E-state index is 10.8. The second-order valence-electron chi connectivity index (χ2n) is 5.28. The van der Waals surface area contributed by atoms with Crippen LogP contribution in [0.15, 0.2) is 0 Å². The summed E-state index contributed by atoms with van der Waals surface area (Å²) < 4.78 is 11.6. The lowest BCUT2D eigenvalue weighted by atomic mass is 9.82. The number of hydrogen-bond donors (Lipinski definition) is 0. The fourth-order valence-electron chi connectivity index (χ4n) is 1.60. The standard InChI is InChI=1S/C11H21BO3/c1-9(13)7-6-8-12-14-10(2,3)11(4,5)15-12/h6-8H2,1-5H3. The zero-order valence-electron chi connectivity index (χ0n) is 10.4. The molecule has 1 aliphatic rings. The van der Waals surface area contributed by atoms with Gasteiger partial charge in [0.15, 0.2) is 0 Å². The Morgan fingerprint density at radius 2 is 1.60 bits per heavy atom. The smallest absolute Gasteiger partial charge is 0.403 e. The van der Waals surface area contributed by atoms with Gasteiger partial charge in [-0.2, -0.15) is 0 Å².